The van der Waals surface area contributed by atoms with Crippen LogP contribution >= 0.6 is 0 Å². The Morgan fingerprint density at radius 3 is 2.45 bits per heavy atom. The van der Waals surface area contributed by atoms with E-state index in [1.54, 1.807) is 0 Å². The van der Waals surface area contributed by atoms with Crippen LogP contribution < -0.4 is 5.73 Å². The highest BCUT2D eigenvalue weighted by Crippen LogP contribution is 2.30. The van der Waals surface area contributed by atoms with Crippen molar-refractivity contribution in [2.45, 2.75) is 59.5 Å². The van der Waals surface area contributed by atoms with Gasteiger partial charge in [0.2, 0.25) is 0 Å². The lowest BCUT2D eigenvalue weighted by molar-refractivity contribution is 0.162. The monoisotopic (exact) mass is 274 g/mol. The number of aryl methyl sites for hydroxylation is 3. The normalized spacial score (nSPS) is 22.7. The Labute approximate surface area is 124 Å². The Morgan fingerprint density at radius 2 is 1.80 bits per heavy atom. The fourth-order valence-corrected chi connectivity index (χ4v) is 3.65. The summed E-state index contributed by atoms with van der Waals surface area (Å²) in [6.45, 7) is 12.0. The number of nitrogens with zero attached hydrogens (tertiary/aromatic N) is 1. The van der Waals surface area contributed by atoms with Crippen LogP contribution in [0.3, 0.4) is 0 Å². The molecule has 1 aromatic carbocycles. The molecule has 1 saturated carbocycles. The first kappa shape index (κ1) is 15.5. The number of hydrogen-bond acceptors (Lipinski definition) is 2. The van der Waals surface area contributed by atoms with Gasteiger partial charge in [0.05, 0.1) is 0 Å². The highest BCUT2D eigenvalue weighted by atomic mass is 15.2. The van der Waals surface area contributed by atoms with E-state index in [4.69, 9.17) is 5.73 Å². The molecule has 1 aliphatic rings. The van der Waals surface area contributed by atoms with Crippen LogP contribution in [0, 0.1) is 26.7 Å². The standard InChI is InChI=1S/C18H30N2/c1-5-20(18-8-6-7-16(18)11-19)12-17-10-14(3)13(2)9-15(17)4/h9-10,16,18H,5-8,11-12,19H2,1-4H3. The molecular weight excluding hydrogens is 244 g/mol. The van der Waals surface area contributed by atoms with Gasteiger partial charge in [-0.1, -0.05) is 25.5 Å². The molecule has 2 nitrogen and oxygen atoms in total. The predicted molar refractivity (Wildman–Crippen MR) is 86.9 cm³/mol. The molecule has 2 unspecified atom stereocenters. The van der Waals surface area contributed by atoms with Gasteiger partial charge in [0.1, 0.15) is 0 Å². The second-order valence-electron chi connectivity index (χ2n) is 6.42. The minimum atomic E-state index is 0.686. The topological polar surface area (TPSA) is 29.3 Å². The Kier molecular flexibility index (Phi) is 5.22. The van der Waals surface area contributed by atoms with Crippen LogP contribution in [-0.4, -0.2) is 24.0 Å². The smallest absolute Gasteiger partial charge is 0.0239 e. The summed E-state index contributed by atoms with van der Waals surface area (Å²) in [5.41, 5.74) is 11.7. The van der Waals surface area contributed by atoms with E-state index in [2.05, 4.69) is 44.7 Å². The van der Waals surface area contributed by atoms with Crippen molar-refractivity contribution < 1.29 is 0 Å². The van der Waals surface area contributed by atoms with E-state index in [1.165, 1.54) is 41.5 Å². The average Bonchev–Trinajstić information content (AvgIpc) is 2.89. The van der Waals surface area contributed by atoms with Crippen LogP contribution in [-0.2, 0) is 6.54 Å². The number of rotatable bonds is 5. The maximum absolute atomic E-state index is 5.96. The van der Waals surface area contributed by atoms with Crippen LogP contribution in [0.1, 0.15) is 48.4 Å². The van der Waals surface area contributed by atoms with Crippen molar-refractivity contribution in [3.63, 3.8) is 0 Å². The first-order chi connectivity index (χ1) is 9.56. The quantitative estimate of drug-likeness (QED) is 0.889. The van der Waals surface area contributed by atoms with E-state index < -0.39 is 0 Å². The van der Waals surface area contributed by atoms with Gasteiger partial charge in [-0.05, 0) is 74.9 Å². The van der Waals surface area contributed by atoms with Crippen molar-refractivity contribution in [3.05, 3.63) is 34.4 Å². The van der Waals surface area contributed by atoms with E-state index in [0.29, 0.717) is 12.0 Å². The van der Waals surface area contributed by atoms with Gasteiger partial charge >= 0.3 is 0 Å². The van der Waals surface area contributed by atoms with Gasteiger partial charge in [0.15, 0.2) is 0 Å². The van der Waals surface area contributed by atoms with Gasteiger partial charge in [-0.15, -0.1) is 0 Å². The molecule has 20 heavy (non-hydrogen) atoms. The van der Waals surface area contributed by atoms with Crippen LogP contribution in [0.15, 0.2) is 12.1 Å². The van der Waals surface area contributed by atoms with Crippen LogP contribution in [0.4, 0.5) is 0 Å². The molecule has 0 saturated heterocycles. The molecule has 2 N–H and O–H groups in total. The summed E-state index contributed by atoms with van der Waals surface area (Å²) in [5, 5.41) is 0. The maximum Gasteiger partial charge on any atom is 0.0239 e. The van der Waals surface area contributed by atoms with E-state index in [-0.39, 0.29) is 0 Å². The third kappa shape index (κ3) is 3.24. The second-order valence-corrected chi connectivity index (χ2v) is 6.42. The van der Waals surface area contributed by atoms with Crippen molar-refractivity contribution >= 4 is 0 Å². The van der Waals surface area contributed by atoms with Crippen molar-refractivity contribution in [1.29, 1.82) is 0 Å². The average molecular weight is 274 g/mol. The first-order valence-electron chi connectivity index (χ1n) is 8.07. The van der Waals surface area contributed by atoms with E-state index in [9.17, 15) is 0 Å². The zero-order valence-electron chi connectivity index (χ0n) is 13.6. The summed E-state index contributed by atoms with van der Waals surface area (Å²) in [6, 6.07) is 5.39. The zero-order valence-corrected chi connectivity index (χ0v) is 13.6. The highest BCUT2D eigenvalue weighted by Gasteiger charge is 2.30. The molecule has 0 spiro atoms. The molecular formula is C18H30N2. The zero-order chi connectivity index (χ0) is 14.7. The number of nitrogens with two attached hydrogens (primary N) is 1. The lowest BCUT2D eigenvalue weighted by Gasteiger charge is -2.32. The van der Waals surface area contributed by atoms with Crippen molar-refractivity contribution in [1.82, 2.24) is 4.90 Å². The van der Waals surface area contributed by atoms with Gasteiger partial charge in [-0.3, -0.25) is 4.90 Å². The minimum Gasteiger partial charge on any atom is -0.330 e. The lowest BCUT2D eigenvalue weighted by atomic mass is 9.98. The molecule has 1 fully saturated rings. The molecule has 1 aromatic rings. The van der Waals surface area contributed by atoms with Crippen LogP contribution in [0.25, 0.3) is 0 Å². The van der Waals surface area contributed by atoms with Crippen LogP contribution in [0.5, 0.6) is 0 Å². The molecule has 2 rings (SSSR count). The van der Waals surface area contributed by atoms with E-state index >= 15 is 0 Å². The SMILES string of the molecule is CCN(Cc1cc(C)c(C)cc1C)C1CCCC1CN. The van der Waals surface area contributed by atoms with Gasteiger partial charge < -0.3 is 5.73 Å². The van der Waals surface area contributed by atoms with Gasteiger partial charge in [0.25, 0.3) is 0 Å². The summed E-state index contributed by atoms with van der Waals surface area (Å²) < 4.78 is 0. The molecule has 2 atom stereocenters. The maximum atomic E-state index is 5.96. The molecule has 0 radical (unpaired) electrons. The lowest BCUT2D eigenvalue weighted by Crippen LogP contribution is -2.39. The summed E-state index contributed by atoms with van der Waals surface area (Å²) in [6.07, 6.45) is 3.97. The summed E-state index contributed by atoms with van der Waals surface area (Å²) in [5.74, 6) is 0.696. The summed E-state index contributed by atoms with van der Waals surface area (Å²) >= 11 is 0. The summed E-state index contributed by atoms with van der Waals surface area (Å²) in [7, 11) is 0. The van der Waals surface area contributed by atoms with Crippen molar-refractivity contribution in [2.24, 2.45) is 11.7 Å². The predicted octanol–water partition coefficient (Wildman–Crippen LogP) is 3.56. The van der Waals surface area contributed by atoms with Crippen molar-refractivity contribution in [3.8, 4) is 0 Å². The van der Waals surface area contributed by atoms with Gasteiger partial charge in [-0.2, -0.15) is 0 Å². The van der Waals surface area contributed by atoms with Gasteiger partial charge in [-0.25, -0.2) is 0 Å². The van der Waals surface area contributed by atoms with E-state index in [0.717, 1.165) is 19.6 Å². The third-order valence-corrected chi connectivity index (χ3v) is 5.12. The number of benzene rings is 1. The minimum absolute atomic E-state index is 0.686. The van der Waals surface area contributed by atoms with Crippen LogP contribution in [0.2, 0.25) is 0 Å². The highest BCUT2D eigenvalue weighted by molar-refractivity contribution is 5.36. The first-order valence-corrected chi connectivity index (χ1v) is 8.07. The number of hydrogen-bond donors (Lipinski definition) is 1. The molecule has 112 valence electrons. The largest absolute Gasteiger partial charge is 0.330 e. The summed E-state index contributed by atoms with van der Waals surface area (Å²) in [4.78, 5) is 2.64. The molecule has 0 heterocycles. The molecule has 0 aliphatic heterocycles. The molecule has 0 bridgehead atoms. The Morgan fingerprint density at radius 1 is 1.10 bits per heavy atom. The Balaban J connectivity index is 2.16. The molecule has 2 heteroatoms. The third-order valence-electron chi connectivity index (χ3n) is 5.12. The molecule has 0 aromatic heterocycles. The fourth-order valence-electron chi connectivity index (χ4n) is 3.65. The molecule has 0 amide bonds. The fraction of sp³-hybridized carbons (Fsp3) is 0.667. The Bertz CT molecular complexity index is 453. The molecule has 1 aliphatic carbocycles. The second kappa shape index (κ2) is 6.73. The van der Waals surface area contributed by atoms with Crippen molar-refractivity contribution in [2.75, 3.05) is 13.1 Å². The van der Waals surface area contributed by atoms with Gasteiger partial charge in [0, 0.05) is 12.6 Å². The van der Waals surface area contributed by atoms with E-state index in [1.807, 2.05) is 0 Å². The Hall–Kier alpha value is -0.860.